The second kappa shape index (κ2) is 7.16. The number of nitro benzene ring substituents is 1. The number of hydrogen-bond acceptors (Lipinski definition) is 4. The molecule has 0 heterocycles. The lowest BCUT2D eigenvalue weighted by atomic mass is 10.2. The SMILES string of the molecule is C=CCN(c1cccc(C(F)(F)F)c1)S(=O)(=O)c1ccc([N+](=O)[O-])cc1. The number of alkyl halides is 3. The van der Waals surface area contributed by atoms with E-state index in [1.54, 1.807) is 0 Å². The van der Waals surface area contributed by atoms with Crippen molar-refractivity contribution < 1.29 is 26.5 Å². The molecule has 0 N–H and O–H groups in total. The number of hydrogen-bond donors (Lipinski definition) is 0. The van der Waals surface area contributed by atoms with Crippen molar-refractivity contribution in [3.63, 3.8) is 0 Å². The number of anilines is 1. The highest BCUT2D eigenvalue weighted by Gasteiger charge is 2.32. The molecule has 0 atom stereocenters. The van der Waals surface area contributed by atoms with E-state index in [-0.39, 0.29) is 22.8 Å². The first kappa shape index (κ1) is 19.4. The maximum Gasteiger partial charge on any atom is 0.416 e. The standard InChI is InChI=1S/C16H13F3N2O4S/c1-2-10-20(14-5-3-4-12(11-14)16(17,18)19)26(24,25)15-8-6-13(7-9-15)21(22)23/h2-9,11H,1,10H2. The van der Waals surface area contributed by atoms with Crippen LogP contribution in [0.4, 0.5) is 24.5 Å². The van der Waals surface area contributed by atoms with Gasteiger partial charge in [-0.25, -0.2) is 8.42 Å². The molecule has 0 unspecified atom stereocenters. The zero-order chi connectivity index (χ0) is 19.5. The number of rotatable bonds is 6. The van der Waals surface area contributed by atoms with E-state index >= 15 is 0 Å². The summed E-state index contributed by atoms with van der Waals surface area (Å²) in [6.45, 7) is 3.15. The number of nitrogens with zero attached hydrogens (tertiary/aromatic N) is 2. The highest BCUT2D eigenvalue weighted by atomic mass is 32.2. The van der Waals surface area contributed by atoms with E-state index in [9.17, 15) is 31.7 Å². The van der Waals surface area contributed by atoms with Gasteiger partial charge in [0.05, 0.1) is 27.6 Å². The van der Waals surface area contributed by atoms with E-state index in [1.807, 2.05) is 0 Å². The van der Waals surface area contributed by atoms with Crippen molar-refractivity contribution in [2.45, 2.75) is 11.1 Å². The van der Waals surface area contributed by atoms with Crippen LogP contribution in [0.5, 0.6) is 0 Å². The van der Waals surface area contributed by atoms with Crippen LogP contribution in [0, 0.1) is 10.1 Å². The minimum atomic E-state index is -4.63. The molecular weight excluding hydrogens is 373 g/mol. The predicted molar refractivity (Wildman–Crippen MR) is 89.3 cm³/mol. The van der Waals surface area contributed by atoms with Crippen LogP contribution in [0.2, 0.25) is 0 Å². The molecule has 0 aliphatic rings. The van der Waals surface area contributed by atoms with Crippen molar-refractivity contribution in [3.8, 4) is 0 Å². The number of halogens is 3. The molecular formula is C16H13F3N2O4S. The molecule has 0 bridgehead atoms. The van der Waals surface area contributed by atoms with Crippen LogP contribution < -0.4 is 4.31 Å². The maximum absolute atomic E-state index is 12.9. The lowest BCUT2D eigenvalue weighted by molar-refractivity contribution is -0.384. The normalized spacial score (nSPS) is 11.8. The van der Waals surface area contributed by atoms with Gasteiger partial charge < -0.3 is 0 Å². The first-order chi connectivity index (χ1) is 12.1. The Labute approximate surface area is 147 Å². The van der Waals surface area contributed by atoms with Crippen molar-refractivity contribution in [2.75, 3.05) is 10.8 Å². The Morgan fingerprint density at radius 1 is 1.15 bits per heavy atom. The minimum absolute atomic E-state index is 0.196. The summed E-state index contributed by atoms with van der Waals surface area (Å²) in [4.78, 5) is 9.70. The van der Waals surface area contributed by atoms with E-state index in [2.05, 4.69) is 6.58 Å². The summed E-state index contributed by atoms with van der Waals surface area (Å²) < 4.78 is 65.0. The summed E-state index contributed by atoms with van der Waals surface area (Å²) in [7, 11) is -4.25. The van der Waals surface area contributed by atoms with Gasteiger partial charge in [-0.05, 0) is 30.3 Å². The highest BCUT2D eigenvalue weighted by Crippen LogP contribution is 2.33. The molecule has 26 heavy (non-hydrogen) atoms. The van der Waals surface area contributed by atoms with Crippen LogP contribution in [-0.2, 0) is 16.2 Å². The fraction of sp³-hybridized carbons (Fsp3) is 0.125. The molecule has 0 aliphatic heterocycles. The summed E-state index contributed by atoms with van der Waals surface area (Å²) in [5.74, 6) is 0. The zero-order valence-electron chi connectivity index (χ0n) is 13.2. The van der Waals surface area contributed by atoms with Gasteiger partial charge in [-0.15, -0.1) is 6.58 Å². The summed E-state index contributed by atoms with van der Waals surface area (Å²) >= 11 is 0. The predicted octanol–water partition coefficient (Wildman–Crippen LogP) is 3.99. The maximum atomic E-state index is 12.9. The molecule has 0 saturated carbocycles. The van der Waals surface area contributed by atoms with Crippen molar-refractivity contribution in [1.29, 1.82) is 0 Å². The minimum Gasteiger partial charge on any atom is -0.263 e. The second-order valence-electron chi connectivity index (χ2n) is 5.12. The van der Waals surface area contributed by atoms with E-state index in [0.717, 1.165) is 40.7 Å². The van der Waals surface area contributed by atoms with Crippen LogP contribution in [0.15, 0.2) is 66.1 Å². The van der Waals surface area contributed by atoms with Crippen molar-refractivity contribution >= 4 is 21.4 Å². The Hall–Kier alpha value is -2.88. The van der Waals surface area contributed by atoms with E-state index < -0.39 is 26.7 Å². The molecule has 6 nitrogen and oxygen atoms in total. The Kier molecular flexibility index (Phi) is 5.36. The first-order valence-electron chi connectivity index (χ1n) is 7.12. The van der Waals surface area contributed by atoms with E-state index in [0.29, 0.717) is 6.07 Å². The average Bonchev–Trinajstić information content (AvgIpc) is 2.59. The van der Waals surface area contributed by atoms with Crippen molar-refractivity contribution in [2.24, 2.45) is 0 Å². The molecule has 0 fully saturated rings. The van der Waals surface area contributed by atoms with Gasteiger partial charge in [0.2, 0.25) is 0 Å². The fourth-order valence-corrected chi connectivity index (χ4v) is 3.59. The third-order valence-electron chi connectivity index (χ3n) is 3.39. The van der Waals surface area contributed by atoms with Crippen molar-refractivity contribution in [3.05, 3.63) is 76.9 Å². The number of benzene rings is 2. The molecule has 0 aromatic heterocycles. The van der Waals surface area contributed by atoms with Gasteiger partial charge in [-0.3, -0.25) is 14.4 Å². The molecule has 2 aromatic carbocycles. The Morgan fingerprint density at radius 2 is 1.77 bits per heavy atom. The average molecular weight is 386 g/mol. The van der Waals surface area contributed by atoms with E-state index in [4.69, 9.17) is 0 Å². The van der Waals surface area contributed by atoms with Crippen LogP contribution in [0.3, 0.4) is 0 Å². The zero-order valence-corrected chi connectivity index (χ0v) is 14.0. The molecule has 2 rings (SSSR count). The molecule has 0 spiro atoms. The molecule has 2 aromatic rings. The topological polar surface area (TPSA) is 80.5 Å². The van der Waals surface area contributed by atoms with Gasteiger partial charge in [0.1, 0.15) is 0 Å². The van der Waals surface area contributed by atoms with Crippen LogP contribution in [0.25, 0.3) is 0 Å². The third-order valence-corrected chi connectivity index (χ3v) is 5.20. The van der Waals surface area contributed by atoms with Gasteiger partial charge in [0.15, 0.2) is 0 Å². The smallest absolute Gasteiger partial charge is 0.263 e. The van der Waals surface area contributed by atoms with Gasteiger partial charge in [0.25, 0.3) is 15.7 Å². The van der Waals surface area contributed by atoms with Gasteiger partial charge >= 0.3 is 6.18 Å². The highest BCUT2D eigenvalue weighted by molar-refractivity contribution is 7.92. The lowest BCUT2D eigenvalue weighted by Crippen LogP contribution is -2.31. The van der Waals surface area contributed by atoms with Crippen LogP contribution >= 0.6 is 0 Å². The van der Waals surface area contributed by atoms with Gasteiger partial charge in [-0.1, -0.05) is 12.1 Å². The Morgan fingerprint density at radius 3 is 2.27 bits per heavy atom. The van der Waals surface area contributed by atoms with E-state index in [1.165, 1.54) is 12.1 Å². The molecule has 10 heteroatoms. The monoisotopic (exact) mass is 386 g/mol. The third kappa shape index (κ3) is 4.02. The molecule has 0 aliphatic carbocycles. The Bertz CT molecular complexity index is 925. The summed E-state index contributed by atoms with van der Waals surface area (Å²) in [5.41, 5.74) is -1.50. The molecule has 0 radical (unpaired) electrons. The summed E-state index contributed by atoms with van der Waals surface area (Å²) in [6.07, 6.45) is -3.41. The number of sulfonamides is 1. The largest absolute Gasteiger partial charge is 0.416 e. The van der Waals surface area contributed by atoms with Crippen LogP contribution in [-0.4, -0.2) is 19.9 Å². The number of non-ortho nitro benzene ring substituents is 1. The number of nitro groups is 1. The lowest BCUT2D eigenvalue weighted by Gasteiger charge is -2.24. The van der Waals surface area contributed by atoms with Gasteiger partial charge in [0, 0.05) is 12.1 Å². The first-order valence-corrected chi connectivity index (χ1v) is 8.56. The summed E-state index contributed by atoms with van der Waals surface area (Å²) in [5, 5.41) is 10.7. The van der Waals surface area contributed by atoms with Crippen LogP contribution in [0.1, 0.15) is 5.56 Å². The molecule has 138 valence electrons. The quantitative estimate of drug-likeness (QED) is 0.427. The Balaban J connectivity index is 2.52. The fourth-order valence-electron chi connectivity index (χ4n) is 2.16. The second-order valence-corrected chi connectivity index (χ2v) is 6.99. The summed E-state index contributed by atoms with van der Waals surface area (Å²) in [6, 6.07) is 7.92. The van der Waals surface area contributed by atoms with Gasteiger partial charge in [-0.2, -0.15) is 13.2 Å². The molecule has 0 saturated heterocycles. The van der Waals surface area contributed by atoms with Crippen molar-refractivity contribution in [1.82, 2.24) is 0 Å². The molecule has 0 amide bonds.